The summed E-state index contributed by atoms with van der Waals surface area (Å²) in [5.74, 6) is -1.70. The number of aliphatic hydroxyl groups excluding tert-OH is 1. The molecule has 13 heteroatoms. The number of carbonyl (C=O) groups excluding carboxylic acids is 1. The highest BCUT2D eigenvalue weighted by Crippen LogP contribution is 2.34. The third kappa shape index (κ3) is 5.27. The molecule has 1 aromatic heterocycles. The molecule has 1 atom stereocenters. The Morgan fingerprint density at radius 1 is 1.08 bits per heavy atom. The van der Waals surface area contributed by atoms with E-state index in [0.717, 1.165) is 22.9 Å². The first-order chi connectivity index (χ1) is 17.5. The van der Waals surface area contributed by atoms with Crippen molar-refractivity contribution in [3.63, 3.8) is 0 Å². The molecule has 4 rings (SSSR count). The lowest BCUT2D eigenvalue weighted by Crippen LogP contribution is -2.42. The summed E-state index contributed by atoms with van der Waals surface area (Å²) in [5, 5.41) is 13.0. The lowest BCUT2D eigenvalue weighted by atomic mass is 10.1. The molecule has 2 aromatic carbocycles. The van der Waals surface area contributed by atoms with Crippen LogP contribution in [0.1, 0.15) is 29.9 Å². The van der Waals surface area contributed by atoms with Crippen LogP contribution in [0.15, 0.2) is 58.3 Å². The number of hydrogen-bond acceptors (Lipinski definition) is 6. The summed E-state index contributed by atoms with van der Waals surface area (Å²) in [5.41, 5.74) is -3.85. The van der Waals surface area contributed by atoms with Crippen LogP contribution in [-0.4, -0.2) is 40.0 Å². The smallest absolute Gasteiger partial charge is 0.364 e. The molecule has 1 amide bonds. The summed E-state index contributed by atoms with van der Waals surface area (Å²) in [4.78, 5) is 39.6. The Morgan fingerprint density at radius 3 is 2.35 bits per heavy atom. The number of hydrogen-bond donors (Lipinski definition) is 2. The Balaban J connectivity index is 1.84. The normalized spacial score (nSPS) is 14.6. The van der Waals surface area contributed by atoms with Crippen molar-refractivity contribution in [1.82, 2.24) is 14.5 Å². The minimum atomic E-state index is -5.08. The van der Waals surface area contributed by atoms with Crippen LogP contribution in [0, 0.1) is 5.82 Å². The van der Waals surface area contributed by atoms with Gasteiger partial charge in [0.1, 0.15) is 5.82 Å². The number of aliphatic hydroxyl groups is 1. The average Bonchev–Trinajstić information content (AvgIpc) is 3.27. The number of aromatic nitrogens is 2. The van der Waals surface area contributed by atoms with Crippen molar-refractivity contribution in [2.75, 3.05) is 24.7 Å². The second-order valence-electron chi connectivity index (χ2n) is 8.18. The zero-order valence-corrected chi connectivity index (χ0v) is 19.5. The first-order valence-corrected chi connectivity index (χ1v) is 11.1. The van der Waals surface area contributed by atoms with Gasteiger partial charge in [-0.25, -0.2) is 9.18 Å². The summed E-state index contributed by atoms with van der Waals surface area (Å²) >= 11 is 0. The SMILES string of the molecule is CCOC(O)c1cn(-c2ccc(N3CNC(=O)C3)cc2)c(=O)n(Cc2cccc(F)c2C(F)(F)F)c1=O. The summed E-state index contributed by atoms with van der Waals surface area (Å²) in [6, 6.07) is 8.89. The van der Waals surface area contributed by atoms with Crippen molar-refractivity contribution >= 4 is 11.6 Å². The van der Waals surface area contributed by atoms with Gasteiger partial charge in [0.25, 0.3) is 5.56 Å². The molecule has 196 valence electrons. The van der Waals surface area contributed by atoms with Gasteiger partial charge in [0, 0.05) is 18.5 Å². The van der Waals surface area contributed by atoms with Crippen molar-refractivity contribution in [3.05, 3.63) is 92.0 Å². The number of rotatable bonds is 7. The van der Waals surface area contributed by atoms with E-state index in [-0.39, 0.29) is 24.7 Å². The fourth-order valence-corrected chi connectivity index (χ4v) is 4.03. The number of nitrogens with zero attached hydrogens (tertiary/aromatic N) is 3. The van der Waals surface area contributed by atoms with Gasteiger partial charge in [-0.2, -0.15) is 13.2 Å². The van der Waals surface area contributed by atoms with Crippen molar-refractivity contribution in [2.45, 2.75) is 25.9 Å². The van der Waals surface area contributed by atoms with E-state index in [1.54, 1.807) is 24.0 Å². The maximum absolute atomic E-state index is 14.1. The van der Waals surface area contributed by atoms with E-state index in [0.29, 0.717) is 23.0 Å². The Labute approximate surface area is 207 Å². The highest BCUT2D eigenvalue weighted by Gasteiger charge is 2.37. The molecule has 1 aliphatic heterocycles. The molecule has 0 spiro atoms. The number of alkyl halides is 3. The predicted molar refractivity (Wildman–Crippen MR) is 124 cm³/mol. The van der Waals surface area contributed by atoms with Gasteiger partial charge in [-0.3, -0.25) is 18.7 Å². The fraction of sp³-hybridized carbons (Fsp3) is 0.292. The molecule has 2 N–H and O–H groups in total. The van der Waals surface area contributed by atoms with Crippen molar-refractivity contribution < 1.29 is 32.2 Å². The van der Waals surface area contributed by atoms with E-state index in [1.165, 1.54) is 12.1 Å². The first kappa shape index (κ1) is 26.1. The Bertz CT molecular complexity index is 1430. The van der Waals surface area contributed by atoms with Crippen molar-refractivity contribution in [3.8, 4) is 5.69 Å². The summed E-state index contributed by atoms with van der Waals surface area (Å²) in [7, 11) is 0. The molecule has 0 radical (unpaired) electrons. The number of anilines is 1. The van der Waals surface area contributed by atoms with Crippen molar-refractivity contribution in [2.24, 2.45) is 0 Å². The maximum atomic E-state index is 14.1. The van der Waals surface area contributed by atoms with Crippen LogP contribution < -0.4 is 21.5 Å². The van der Waals surface area contributed by atoms with Gasteiger partial charge in [0.15, 0.2) is 6.29 Å². The number of ether oxygens (including phenoxy) is 1. The maximum Gasteiger partial charge on any atom is 0.419 e. The number of halogens is 4. The average molecular weight is 522 g/mol. The molecule has 9 nitrogen and oxygen atoms in total. The number of benzene rings is 2. The third-order valence-electron chi connectivity index (χ3n) is 5.79. The highest BCUT2D eigenvalue weighted by atomic mass is 19.4. The molecular formula is C24H22F4N4O5. The van der Waals surface area contributed by atoms with Crippen LogP contribution >= 0.6 is 0 Å². The summed E-state index contributed by atoms with van der Waals surface area (Å²) in [6.07, 6.45) is -5.80. The van der Waals surface area contributed by atoms with Gasteiger partial charge in [0.05, 0.1) is 36.6 Å². The van der Waals surface area contributed by atoms with E-state index in [4.69, 9.17) is 4.74 Å². The minimum absolute atomic E-state index is 0.000854. The fourth-order valence-electron chi connectivity index (χ4n) is 4.03. The molecular weight excluding hydrogens is 500 g/mol. The van der Waals surface area contributed by atoms with E-state index < -0.39 is 52.8 Å². The standard InChI is InChI=1S/C24H22F4N4O5/c1-2-37-22(35)17-11-31(16-8-6-15(7-9-16)30-12-19(33)29-13-30)23(36)32(21(17)34)10-14-4-3-5-18(25)20(14)24(26,27)28/h3-9,11,22,35H,2,10,12-13H2,1H3,(H,29,33). The largest absolute Gasteiger partial charge is 0.419 e. The minimum Gasteiger partial charge on any atom is -0.364 e. The number of amides is 1. The molecule has 1 fully saturated rings. The number of nitrogens with one attached hydrogen (secondary N) is 1. The molecule has 1 aliphatic rings. The first-order valence-electron chi connectivity index (χ1n) is 11.1. The van der Waals surface area contributed by atoms with Crippen LogP contribution in [0.3, 0.4) is 0 Å². The van der Waals surface area contributed by atoms with Crippen LogP contribution in [0.2, 0.25) is 0 Å². The van der Waals surface area contributed by atoms with Gasteiger partial charge in [-0.1, -0.05) is 12.1 Å². The quantitative estimate of drug-likeness (QED) is 0.364. The van der Waals surface area contributed by atoms with Gasteiger partial charge in [-0.15, -0.1) is 0 Å². The molecule has 0 saturated carbocycles. The van der Waals surface area contributed by atoms with Crippen LogP contribution in [0.4, 0.5) is 23.2 Å². The zero-order valence-electron chi connectivity index (χ0n) is 19.5. The Kier molecular flexibility index (Phi) is 7.18. The molecule has 1 unspecified atom stereocenters. The van der Waals surface area contributed by atoms with Crippen molar-refractivity contribution in [1.29, 1.82) is 0 Å². The molecule has 1 saturated heterocycles. The highest BCUT2D eigenvalue weighted by molar-refractivity contribution is 5.84. The van der Waals surface area contributed by atoms with E-state index >= 15 is 0 Å². The zero-order chi connectivity index (χ0) is 26.9. The van der Waals surface area contributed by atoms with E-state index in [9.17, 15) is 37.1 Å². The van der Waals surface area contributed by atoms with Crippen LogP contribution in [0.25, 0.3) is 5.69 Å². The molecule has 2 heterocycles. The lowest BCUT2D eigenvalue weighted by molar-refractivity contribution is -0.140. The summed E-state index contributed by atoms with van der Waals surface area (Å²) < 4.78 is 61.3. The monoisotopic (exact) mass is 522 g/mol. The van der Waals surface area contributed by atoms with E-state index in [2.05, 4.69) is 5.32 Å². The van der Waals surface area contributed by atoms with Gasteiger partial charge >= 0.3 is 11.9 Å². The van der Waals surface area contributed by atoms with Gasteiger partial charge < -0.3 is 20.1 Å². The molecule has 0 aliphatic carbocycles. The molecule has 37 heavy (non-hydrogen) atoms. The van der Waals surface area contributed by atoms with Gasteiger partial charge in [0.2, 0.25) is 5.91 Å². The lowest BCUT2D eigenvalue weighted by Gasteiger charge is -2.19. The predicted octanol–water partition coefficient (Wildman–Crippen LogP) is 2.13. The van der Waals surface area contributed by atoms with Crippen LogP contribution in [0.5, 0.6) is 0 Å². The Hall–Kier alpha value is -3.97. The molecule has 3 aromatic rings. The summed E-state index contributed by atoms with van der Waals surface area (Å²) in [6.45, 7) is 1.08. The third-order valence-corrected chi connectivity index (χ3v) is 5.79. The Morgan fingerprint density at radius 2 is 1.76 bits per heavy atom. The number of carbonyl (C=O) groups is 1. The van der Waals surface area contributed by atoms with Crippen LogP contribution in [-0.2, 0) is 22.3 Å². The van der Waals surface area contributed by atoms with Gasteiger partial charge in [-0.05, 0) is 42.8 Å². The second kappa shape index (κ2) is 10.2. The molecule has 0 bridgehead atoms. The second-order valence-corrected chi connectivity index (χ2v) is 8.18. The topological polar surface area (TPSA) is 106 Å². The van der Waals surface area contributed by atoms with E-state index in [1.807, 2.05) is 0 Å².